The van der Waals surface area contributed by atoms with Crippen molar-refractivity contribution in [2.75, 3.05) is 31.1 Å². The first-order valence-corrected chi connectivity index (χ1v) is 9.27. The van der Waals surface area contributed by atoms with E-state index in [4.69, 9.17) is 0 Å². The smallest absolute Gasteiger partial charge is 0.256 e. The number of piperazine rings is 1. The summed E-state index contributed by atoms with van der Waals surface area (Å²) >= 11 is 1.63. The zero-order chi connectivity index (χ0) is 17.9. The Bertz CT molecular complexity index is 890. The van der Waals surface area contributed by atoms with Crippen LogP contribution < -0.4 is 4.90 Å². The van der Waals surface area contributed by atoms with Crippen LogP contribution in [-0.2, 0) is 0 Å². The monoisotopic (exact) mass is 368 g/mol. The minimum atomic E-state index is -0.477. The average molecular weight is 368 g/mol. The van der Waals surface area contributed by atoms with Crippen LogP contribution in [0, 0.1) is 5.82 Å². The fraction of sp³-hybridized carbons (Fsp3) is 0.211. The molecule has 1 saturated heterocycles. The first-order chi connectivity index (χ1) is 12.7. The maximum Gasteiger partial charge on any atom is 0.256 e. The molecule has 0 aliphatic carbocycles. The first-order valence-electron chi connectivity index (χ1n) is 8.39. The van der Waals surface area contributed by atoms with Crippen LogP contribution in [0.25, 0.3) is 10.6 Å². The lowest BCUT2D eigenvalue weighted by Crippen LogP contribution is -2.49. The normalized spacial score (nSPS) is 14.5. The Morgan fingerprint density at radius 3 is 2.42 bits per heavy atom. The van der Waals surface area contributed by atoms with Gasteiger partial charge in [0.15, 0.2) is 5.82 Å². The Balaban J connectivity index is 1.40. The molecule has 4 rings (SSSR count). The summed E-state index contributed by atoms with van der Waals surface area (Å²) in [5.41, 5.74) is 0.984. The lowest BCUT2D eigenvalue weighted by molar-refractivity contribution is 0.0742. The second-order valence-corrected chi connectivity index (χ2v) is 6.96. The van der Waals surface area contributed by atoms with Crippen LogP contribution in [-0.4, -0.2) is 47.2 Å². The van der Waals surface area contributed by atoms with E-state index in [2.05, 4.69) is 15.1 Å². The minimum Gasteiger partial charge on any atom is -0.352 e. The number of anilines is 1. The van der Waals surface area contributed by atoms with Crippen LogP contribution in [0.1, 0.15) is 10.4 Å². The predicted octanol–water partition coefficient (Wildman–Crippen LogP) is 3.31. The lowest BCUT2D eigenvalue weighted by atomic mass is 10.1. The molecule has 0 unspecified atom stereocenters. The van der Waals surface area contributed by atoms with Crippen molar-refractivity contribution in [3.8, 4) is 10.6 Å². The number of carbonyl (C=O) groups is 1. The maximum absolute atomic E-state index is 13.8. The zero-order valence-electron chi connectivity index (χ0n) is 14.0. The molecule has 1 fully saturated rings. The summed E-state index contributed by atoms with van der Waals surface area (Å²) in [5, 5.41) is 10.6. The molecule has 1 aliphatic rings. The molecule has 0 saturated carbocycles. The van der Waals surface area contributed by atoms with Gasteiger partial charge >= 0.3 is 0 Å². The molecular formula is C19H17FN4OS. The van der Waals surface area contributed by atoms with Crippen LogP contribution in [0.5, 0.6) is 0 Å². The Morgan fingerprint density at radius 2 is 1.77 bits per heavy atom. The van der Waals surface area contributed by atoms with Crippen molar-refractivity contribution < 1.29 is 9.18 Å². The van der Waals surface area contributed by atoms with Gasteiger partial charge in [0, 0.05) is 26.2 Å². The minimum absolute atomic E-state index is 0.126. The largest absolute Gasteiger partial charge is 0.352 e. The van der Waals surface area contributed by atoms with E-state index in [1.165, 1.54) is 12.1 Å². The van der Waals surface area contributed by atoms with Crippen LogP contribution >= 0.6 is 11.3 Å². The Labute approximate surface area is 154 Å². The molecule has 3 aromatic rings. The summed E-state index contributed by atoms with van der Waals surface area (Å²) in [5.74, 6) is 0.0557. The van der Waals surface area contributed by atoms with Crippen molar-refractivity contribution in [1.29, 1.82) is 0 Å². The lowest BCUT2D eigenvalue weighted by Gasteiger charge is -2.35. The summed E-state index contributed by atoms with van der Waals surface area (Å²) in [6, 6.07) is 14.0. The van der Waals surface area contributed by atoms with E-state index < -0.39 is 5.82 Å². The number of hydrogen-bond acceptors (Lipinski definition) is 5. The number of carbonyl (C=O) groups excluding carboxylic acids is 1. The van der Waals surface area contributed by atoms with Gasteiger partial charge in [0.05, 0.1) is 10.4 Å². The third kappa shape index (κ3) is 3.30. The van der Waals surface area contributed by atoms with Crippen LogP contribution in [0.2, 0.25) is 0 Å². The summed E-state index contributed by atoms with van der Waals surface area (Å²) in [4.78, 5) is 17.3. The van der Waals surface area contributed by atoms with Crippen molar-refractivity contribution in [3.05, 3.63) is 65.3 Å². The van der Waals surface area contributed by atoms with Crippen molar-refractivity contribution in [2.24, 2.45) is 0 Å². The van der Waals surface area contributed by atoms with Gasteiger partial charge in [-0.25, -0.2) is 4.39 Å². The quantitative estimate of drug-likeness (QED) is 0.712. The van der Waals surface area contributed by atoms with Gasteiger partial charge in [-0.05, 0) is 35.7 Å². The van der Waals surface area contributed by atoms with Gasteiger partial charge in [-0.2, -0.15) is 0 Å². The molecule has 1 aromatic carbocycles. The summed E-state index contributed by atoms with van der Waals surface area (Å²) in [6.07, 6.45) is 0. The van der Waals surface area contributed by atoms with E-state index >= 15 is 0 Å². The molecule has 132 valence electrons. The van der Waals surface area contributed by atoms with E-state index in [9.17, 15) is 9.18 Å². The number of rotatable bonds is 3. The number of aromatic nitrogens is 2. The van der Waals surface area contributed by atoms with Gasteiger partial charge in [0.1, 0.15) is 11.5 Å². The molecule has 7 heteroatoms. The maximum atomic E-state index is 13.8. The molecule has 1 aliphatic heterocycles. The van der Waals surface area contributed by atoms with Crippen molar-refractivity contribution in [2.45, 2.75) is 0 Å². The molecule has 3 heterocycles. The highest BCUT2D eigenvalue weighted by Crippen LogP contribution is 2.23. The molecule has 0 atom stereocenters. The van der Waals surface area contributed by atoms with E-state index in [1.807, 2.05) is 29.6 Å². The Hall–Kier alpha value is -2.80. The number of halogens is 1. The van der Waals surface area contributed by atoms with Crippen molar-refractivity contribution in [3.63, 3.8) is 0 Å². The van der Waals surface area contributed by atoms with E-state index in [-0.39, 0.29) is 11.5 Å². The Morgan fingerprint density at radius 1 is 0.962 bits per heavy atom. The van der Waals surface area contributed by atoms with Crippen molar-refractivity contribution >= 4 is 23.1 Å². The van der Waals surface area contributed by atoms with E-state index in [0.29, 0.717) is 26.2 Å². The highest BCUT2D eigenvalue weighted by atomic mass is 32.1. The Kier molecular flexibility index (Phi) is 4.62. The first kappa shape index (κ1) is 16.7. The van der Waals surface area contributed by atoms with Crippen LogP contribution in [0.3, 0.4) is 0 Å². The second-order valence-electron chi connectivity index (χ2n) is 6.01. The highest BCUT2D eigenvalue weighted by Gasteiger charge is 2.24. The second kappa shape index (κ2) is 7.21. The number of thiophene rings is 1. The molecule has 5 nitrogen and oxygen atoms in total. The van der Waals surface area contributed by atoms with E-state index in [1.54, 1.807) is 28.4 Å². The predicted molar refractivity (Wildman–Crippen MR) is 99.9 cm³/mol. The average Bonchev–Trinajstić information content (AvgIpc) is 3.23. The number of amides is 1. The highest BCUT2D eigenvalue weighted by molar-refractivity contribution is 7.13. The molecule has 0 spiro atoms. The fourth-order valence-electron chi connectivity index (χ4n) is 2.99. The van der Waals surface area contributed by atoms with Crippen LogP contribution in [0.4, 0.5) is 10.2 Å². The third-order valence-electron chi connectivity index (χ3n) is 4.42. The fourth-order valence-corrected chi connectivity index (χ4v) is 3.68. The van der Waals surface area contributed by atoms with E-state index in [0.717, 1.165) is 16.4 Å². The molecule has 2 aromatic heterocycles. The number of nitrogens with zero attached hydrogens (tertiary/aromatic N) is 4. The summed E-state index contributed by atoms with van der Waals surface area (Å²) in [7, 11) is 0. The van der Waals surface area contributed by atoms with Gasteiger partial charge in [-0.3, -0.25) is 4.79 Å². The van der Waals surface area contributed by atoms with Gasteiger partial charge in [0.2, 0.25) is 0 Å². The summed E-state index contributed by atoms with van der Waals surface area (Å²) in [6.45, 7) is 2.35. The molecule has 0 radical (unpaired) electrons. The van der Waals surface area contributed by atoms with Crippen LogP contribution in [0.15, 0.2) is 53.9 Å². The van der Waals surface area contributed by atoms with Gasteiger partial charge < -0.3 is 9.80 Å². The standard InChI is InChI=1S/C19H17FN4OS/c20-15-5-2-1-4-14(15)19(25)24-11-9-23(10-12-24)18-8-7-16(21-22-18)17-6-3-13-26-17/h1-8,13H,9-12H2. The molecule has 0 N–H and O–H groups in total. The number of hydrogen-bond donors (Lipinski definition) is 0. The van der Waals surface area contributed by atoms with Gasteiger partial charge in [-0.1, -0.05) is 18.2 Å². The molecule has 0 bridgehead atoms. The topological polar surface area (TPSA) is 49.3 Å². The van der Waals surface area contributed by atoms with Gasteiger partial charge in [0.25, 0.3) is 5.91 Å². The SMILES string of the molecule is O=C(c1ccccc1F)N1CCN(c2ccc(-c3cccs3)nn2)CC1. The zero-order valence-corrected chi connectivity index (χ0v) is 14.8. The molecular weight excluding hydrogens is 351 g/mol. The summed E-state index contributed by atoms with van der Waals surface area (Å²) < 4.78 is 13.8. The number of benzene rings is 1. The third-order valence-corrected chi connectivity index (χ3v) is 5.31. The van der Waals surface area contributed by atoms with Gasteiger partial charge in [-0.15, -0.1) is 21.5 Å². The molecule has 26 heavy (non-hydrogen) atoms. The van der Waals surface area contributed by atoms with Crippen molar-refractivity contribution in [1.82, 2.24) is 15.1 Å². The molecule has 1 amide bonds.